The number of hydrogen-bond acceptors (Lipinski definition) is 6. The summed E-state index contributed by atoms with van der Waals surface area (Å²) >= 11 is 7.47. The van der Waals surface area contributed by atoms with Crippen LogP contribution in [0, 0.1) is 0 Å². The lowest BCUT2D eigenvalue weighted by molar-refractivity contribution is -0.116. The molecule has 2 aromatic carbocycles. The number of halogens is 1. The molecule has 1 N–H and O–H groups in total. The van der Waals surface area contributed by atoms with E-state index in [-0.39, 0.29) is 12.7 Å². The number of ether oxygens (including phenoxy) is 2. The highest BCUT2D eigenvalue weighted by molar-refractivity contribution is 7.15. The molecule has 0 saturated heterocycles. The molecule has 3 heterocycles. The molecule has 0 aliphatic carbocycles. The van der Waals surface area contributed by atoms with Crippen LogP contribution in [0.1, 0.15) is 11.3 Å². The topological polar surface area (TPSA) is 77.8 Å². The summed E-state index contributed by atoms with van der Waals surface area (Å²) in [5.41, 5.74) is 2.78. The van der Waals surface area contributed by atoms with Gasteiger partial charge in [0.15, 0.2) is 17.3 Å². The Morgan fingerprint density at radius 3 is 2.90 bits per heavy atom. The van der Waals surface area contributed by atoms with Crippen molar-refractivity contribution in [1.29, 1.82) is 0 Å². The highest BCUT2D eigenvalue weighted by Crippen LogP contribution is 2.32. The second kappa shape index (κ2) is 8.41. The Morgan fingerprint density at radius 1 is 1.19 bits per heavy atom. The van der Waals surface area contributed by atoms with Gasteiger partial charge in [0.25, 0.3) is 0 Å². The van der Waals surface area contributed by atoms with E-state index in [9.17, 15) is 4.79 Å². The van der Waals surface area contributed by atoms with E-state index in [0.29, 0.717) is 29.6 Å². The van der Waals surface area contributed by atoms with Crippen LogP contribution in [0.25, 0.3) is 22.4 Å². The van der Waals surface area contributed by atoms with E-state index in [1.165, 1.54) is 17.4 Å². The normalized spacial score (nSPS) is 12.7. The van der Waals surface area contributed by atoms with Gasteiger partial charge in [-0.2, -0.15) is 4.98 Å². The van der Waals surface area contributed by atoms with Gasteiger partial charge in [-0.25, -0.2) is 4.52 Å². The molecular weight excluding hydrogens is 436 g/mol. The second-order valence-electron chi connectivity index (χ2n) is 6.85. The van der Waals surface area contributed by atoms with E-state index >= 15 is 0 Å². The predicted octanol–water partition coefficient (Wildman–Crippen LogP) is 4.21. The molecule has 0 atom stereocenters. The highest BCUT2D eigenvalue weighted by atomic mass is 35.5. The molecule has 1 amide bonds. The SMILES string of the molecule is O=C(/C=C/c1ccc2c(c1)OCO2)NCCc1csc2nc(-c3ccc(Cl)cc3)nn12. The number of hydrogen-bond donors (Lipinski definition) is 1. The Balaban J connectivity index is 1.19. The number of fused-ring (bicyclic) bond motifs is 2. The Kier molecular flexibility index (Phi) is 5.31. The standard InChI is InChI=1S/C22H17ClN4O3S/c23-16-5-3-15(4-6-16)21-25-22-27(26-21)17(12-31-22)9-10-24-20(28)8-2-14-1-7-18-19(11-14)30-13-29-18/h1-8,11-12H,9-10,13H2,(H,24,28)/b8-2+. The van der Waals surface area contributed by atoms with Gasteiger partial charge in [0.2, 0.25) is 17.7 Å². The molecule has 0 radical (unpaired) electrons. The maximum Gasteiger partial charge on any atom is 0.244 e. The first kappa shape index (κ1) is 19.6. The minimum atomic E-state index is -0.162. The molecule has 0 saturated carbocycles. The lowest BCUT2D eigenvalue weighted by atomic mass is 10.2. The van der Waals surface area contributed by atoms with Crippen molar-refractivity contribution in [2.75, 3.05) is 13.3 Å². The van der Waals surface area contributed by atoms with Crippen molar-refractivity contribution in [2.45, 2.75) is 6.42 Å². The molecule has 2 aromatic heterocycles. The molecule has 1 aliphatic heterocycles. The molecule has 0 unspecified atom stereocenters. The van der Waals surface area contributed by atoms with Crippen LogP contribution in [-0.4, -0.2) is 33.8 Å². The Hall–Kier alpha value is -3.36. The van der Waals surface area contributed by atoms with Crippen molar-refractivity contribution < 1.29 is 14.3 Å². The lowest BCUT2D eigenvalue weighted by Gasteiger charge is -2.02. The Bertz CT molecular complexity index is 1280. The Morgan fingerprint density at radius 2 is 2.03 bits per heavy atom. The second-order valence-corrected chi connectivity index (χ2v) is 8.12. The average molecular weight is 453 g/mol. The number of thiazole rings is 1. The summed E-state index contributed by atoms with van der Waals surface area (Å²) in [4.78, 5) is 17.5. The summed E-state index contributed by atoms with van der Waals surface area (Å²) in [5.74, 6) is 1.90. The molecule has 5 rings (SSSR count). The summed E-state index contributed by atoms with van der Waals surface area (Å²) in [5, 5.41) is 10.2. The number of nitrogens with one attached hydrogen (secondary N) is 1. The predicted molar refractivity (Wildman–Crippen MR) is 120 cm³/mol. The first-order valence-corrected chi connectivity index (χ1v) is 10.9. The van der Waals surface area contributed by atoms with Gasteiger partial charge < -0.3 is 14.8 Å². The smallest absolute Gasteiger partial charge is 0.244 e. The van der Waals surface area contributed by atoms with Gasteiger partial charge >= 0.3 is 0 Å². The molecule has 7 nitrogen and oxygen atoms in total. The van der Waals surface area contributed by atoms with Crippen molar-refractivity contribution in [3.8, 4) is 22.9 Å². The van der Waals surface area contributed by atoms with E-state index < -0.39 is 0 Å². The number of benzene rings is 2. The van der Waals surface area contributed by atoms with Crippen LogP contribution in [-0.2, 0) is 11.2 Å². The van der Waals surface area contributed by atoms with E-state index in [1.807, 2.05) is 52.4 Å². The third-order valence-electron chi connectivity index (χ3n) is 4.76. The minimum absolute atomic E-state index is 0.162. The summed E-state index contributed by atoms with van der Waals surface area (Å²) in [6.45, 7) is 0.720. The number of rotatable bonds is 6. The summed E-state index contributed by atoms with van der Waals surface area (Å²) < 4.78 is 12.5. The van der Waals surface area contributed by atoms with Gasteiger partial charge in [0.1, 0.15) is 0 Å². The molecule has 0 bridgehead atoms. The summed E-state index contributed by atoms with van der Waals surface area (Å²) in [6, 6.07) is 13.0. The number of carbonyl (C=O) groups is 1. The highest BCUT2D eigenvalue weighted by Gasteiger charge is 2.13. The lowest BCUT2D eigenvalue weighted by Crippen LogP contribution is -2.23. The van der Waals surface area contributed by atoms with Gasteiger partial charge in [0.05, 0.1) is 5.69 Å². The van der Waals surface area contributed by atoms with Crippen LogP contribution in [0.2, 0.25) is 5.02 Å². The molecule has 9 heteroatoms. The Labute approximate surface area is 186 Å². The fourth-order valence-corrected chi connectivity index (χ4v) is 4.16. The number of amides is 1. The zero-order valence-electron chi connectivity index (χ0n) is 16.2. The van der Waals surface area contributed by atoms with Crippen molar-refractivity contribution in [2.24, 2.45) is 0 Å². The van der Waals surface area contributed by atoms with Gasteiger partial charge in [-0.3, -0.25) is 4.79 Å². The minimum Gasteiger partial charge on any atom is -0.454 e. The van der Waals surface area contributed by atoms with Gasteiger partial charge in [-0.1, -0.05) is 17.7 Å². The van der Waals surface area contributed by atoms with Crippen LogP contribution in [0.3, 0.4) is 0 Å². The van der Waals surface area contributed by atoms with E-state index in [0.717, 1.165) is 27.5 Å². The van der Waals surface area contributed by atoms with Crippen LogP contribution in [0.5, 0.6) is 11.5 Å². The van der Waals surface area contributed by atoms with E-state index in [4.69, 9.17) is 21.1 Å². The molecule has 0 fully saturated rings. The monoisotopic (exact) mass is 452 g/mol. The molecule has 0 spiro atoms. The first-order valence-electron chi connectivity index (χ1n) is 9.60. The number of carbonyl (C=O) groups excluding carboxylic acids is 1. The van der Waals surface area contributed by atoms with Gasteiger partial charge in [0, 0.05) is 35.0 Å². The molecular formula is C22H17ClN4O3S. The fourth-order valence-electron chi connectivity index (χ4n) is 3.18. The quantitative estimate of drug-likeness (QED) is 0.443. The van der Waals surface area contributed by atoms with Crippen molar-refractivity contribution in [3.05, 3.63) is 70.2 Å². The fraction of sp³-hybridized carbons (Fsp3) is 0.136. The average Bonchev–Trinajstić information content (AvgIpc) is 3.49. The largest absolute Gasteiger partial charge is 0.454 e. The van der Waals surface area contributed by atoms with Crippen molar-refractivity contribution in [3.63, 3.8) is 0 Å². The number of aromatic nitrogens is 3. The number of nitrogens with zero attached hydrogens (tertiary/aromatic N) is 3. The summed E-state index contributed by atoms with van der Waals surface area (Å²) in [7, 11) is 0. The van der Waals surface area contributed by atoms with Crippen LogP contribution in [0.4, 0.5) is 0 Å². The molecule has 31 heavy (non-hydrogen) atoms. The molecule has 1 aliphatic rings. The third kappa shape index (κ3) is 4.26. The maximum absolute atomic E-state index is 12.2. The zero-order chi connectivity index (χ0) is 21.2. The molecule has 4 aromatic rings. The van der Waals surface area contributed by atoms with E-state index in [1.54, 1.807) is 6.08 Å². The maximum atomic E-state index is 12.2. The summed E-state index contributed by atoms with van der Waals surface area (Å²) in [6.07, 6.45) is 3.90. The van der Waals surface area contributed by atoms with Gasteiger partial charge in [-0.05, 0) is 48.0 Å². The van der Waals surface area contributed by atoms with Gasteiger partial charge in [-0.15, -0.1) is 16.4 Å². The van der Waals surface area contributed by atoms with E-state index in [2.05, 4.69) is 15.4 Å². The zero-order valence-corrected chi connectivity index (χ0v) is 17.8. The van der Waals surface area contributed by atoms with Crippen LogP contribution < -0.4 is 14.8 Å². The van der Waals surface area contributed by atoms with Crippen LogP contribution >= 0.6 is 22.9 Å². The van der Waals surface area contributed by atoms with Crippen molar-refractivity contribution in [1.82, 2.24) is 19.9 Å². The third-order valence-corrected chi connectivity index (χ3v) is 5.87. The van der Waals surface area contributed by atoms with Crippen molar-refractivity contribution >= 4 is 39.9 Å². The molecule has 156 valence electrons. The van der Waals surface area contributed by atoms with Crippen LogP contribution in [0.15, 0.2) is 53.9 Å². The first-order chi connectivity index (χ1) is 15.2.